The molecule has 4 N–H and O–H groups in total. The Morgan fingerprint density at radius 1 is 1.27 bits per heavy atom. The van der Waals surface area contributed by atoms with E-state index in [1.54, 1.807) is 0 Å². The first kappa shape index (κ1) is 8.94. The minimum Gasteiger partial charge on any atom is -0.327 e. The largest absolute Gasteiger partial charge is 0.327 e. The van der Waals surface area contributed by atoms with Crippen LogP contribution in [0.5, 0.6) is 0 Å². The third-order valence-electron chi connectivity index (χ3n) is 2.61. The van der Waals surface area contributed by atoms with Crippen LogP contribution in [0, 0.1) is 5.92 Å². The summed E-state index contributed by atoms with van der Waals surface area (Å²) in [5, 5.41) is 0. The lowest BCUT2D eigenvalue weighted by atomic mass is 9.78. The molecular weight excluding hydrogens is 143 g/mol. The van der Waals surface area contributed by atoms with Gasteiger partial charge in [-0.2, -0.15) is 0 Å². The van der Waals surface area contributed by atoms with Crippen molar-refractivity contribution in [2.45, 2.75) is 31.4 Å². The Labute approximate surface area is 67.1 Å². The summed E-state index contributed by atoms with van der Waals surface area (Å²) in [6.07, 6.45) is 4.13. The smallest absolute Gasteiger partial charge is 0.135 e. The van der Waals surface area contributed by atoms with Gasteiger partial charge in [0, 0.05) is 13.1 Å². The van der Waals surface area contributed by atoms with E-state index >= 15 is 0 Å². The molecule has 3 heteroatoms. The summed E-state index contributed by atoms with van der Waals surface area (Å²) in [4.78, 5) is 0. The maximum atomic E-state index is 13.5. The van der Waals surface area contributed by atoms with Gasteiger partial charge in [-0.1, -0.05) is 19.3 Å². The Bertz CT molecular complexity index is 119. The highest BCUT2D eigenvalue weighted by Gasteiger charge is 2.32. The average Bonchev–Trinajstić information content (AvgIpc) is 1.97. The van der Waals surface area contributed by atoms with Crippen LogP contribution < -0.4 is 11.5 Å². The maximum absolute atomic E-state index is 13.5. The molecule has 11 heavy (non-hydrogen) atoms. The molecule has 1 aliphatic carbocycles. The summed E-state index contributed by atoms with van der Waals surface area (Å²) in [5.74, 6) is 0.548. The molecule has 0 spiro atoms. The first-order valence-electron chi connectivity index (χ1n) is 4.29. The average molecular weight is 160 g/mol. The first-order valence-corrected chi connectivity index (χ1v) is 4.29. The van der Waals surface area contributed by atoms with Crippen LogP contribution in [0.1, 0.15) is 25.7 Å². The van der Waals surface area contributed by atoms with E-state index in [9.17, 15) is 4.39 Å². The molecule has 1 rings (SSSR count). The maximum Gasteiger partial charge on any atom is 0.135 e. The van der Waals surface area contributed by atoms with Gasteiger partial charge in [0.05, 0.1) is 0 Å². The molecule has 0 heterocycles. The highest BCUT2D eigenvalue weighted by molar-refractivity contribution is 4.86. The molecule has 1 fully saturated rings. The van der Waals surface area contributed by atoms with Crippen molar-refractivity contribution in [3.8, 4) is 0 Å². The zero-order valence-electron chi connectivity index (χ0n) is 6.85. The van der Waals surface area contributed by atoms with Gasteiger partial charge in [-0.3, -0.25) is 0 Å². The third-order valence-corrected chi connectivity index (χ3v) is 2.61. The molecule has 0 unspecified atom stereocenters. The second-order valence-corrected chi connectivity index (χ2v) is 3.56. The monoisotopic (exact) mass is 160 g/mol. The summed E-state index contributed by atoms with van der Waals surface area (Å²) in [6, 6.07) is 0. The third kappa shape index (κ3) is 2.14. The van der Waals surface area contributed by atoms with Gasteiger partial charge in [-0.05, 0) is 12.3 Å². The topological polar surface area (TPSA) is 52.0 Å². The van der Waals surface area contributed by atoms with Gasteiger partial charge >= 0.3 is 0 Å². The van der Waals surface area contributed by atoms with Gasteiger partial charge in [0.1, 0.15) is 5.67 Å². The molecule has 0 aliphatic heterocycles. The van der Waals surface area contributed by atoms with Crippen LogP contribution in [0.3, 0.4) is 0 Å². The van der Waals surface area contributed by atoms with E-state index in [1.165, 1.54) is 6.42 Å². The van der Waals surface area contributed by atoms with Gasteiger partial charge in [0.15, 0.2) is 0 Å². The number of hydrogen-bond acceptors (Lipinski definition) is 2. The molecule has 0 atom stereocenters. The van der Waals surface area contributed by atoms with Crippen LogP contribution in [-0.4, -0.2) is 18.8 Å². The van der Waals surface area contributed by atoms with Gasteiger partial charge in [0.2, 0.25) is 0 Å². The summed E-state index contributed by atoms with van der Waals surface area (Å²) < 4.78 is 13.5. The van der Waals surface area contributed by atoms with Crippen molar-refractivity contribution in [2.24, 2.45) is 17.4 Å². The summed E-state index contributed by atoms with van der Waals surface area (Å²) >= 11 is 0. The Balaban J connectivity index is 2.29. The van der Waals surface area contributed by atoms with Crippen LogP contribution in [-0.2, 0) is 0 Å². The number of halogens is 1. The molecule has 0 aromatic heterocycles. The predicted octanol–water partition coefficient (Wildman–Crippen LogP) is 0.802. The Morgan fingerprint density at radius 2 is 1.82 bits per heavy atom. The van der Waals surface area contributed by atoms with Crippen LogP contribution in [0.15, 0.2) is 0 Å². The standard InChI is InChI=1S/C8H17FN2/c9-8(5-10,6-11)4-7-2-1-3-7/h7H,1-6,10-11H2. The number of rotatable bonds is 4. The van der Waals surface area contributed by atoms with Crippen molar-refractivity contribution < 1.29 is 4.39 Å². The van der Waals surface area contributed by atoms with E-state index in [-0.39, 0.29) is 13.1 Å². The van der Waals surface area contributed by atoms with Crippen molar-refractivity contribution in [3.05, 3.63) is 0 Å². The SMILES string of the molecule is NCC(F)(CN)CC1CCC1. The van der Waals surface area contributed by atoms with Gasteiger partial charge in [0.25, 0.3) is 0 Å². The molecule has 0 radical (unpaired) electrons. The fraction of sp³-hybridized carbons (Fsp3) is 1.00. The molecule has 0 aromatic rings. The lowest BCUT2D eigenvalue weighted by molar-refractivity contribution is 0.112. The molecule has 0 bridgehead atoms. The molecule has 1 saturated carbocycles. The summed E-state index contributed by atoms with van der Waals surface area (Å²) in [6.45, 7) is 0.139. The highest BCUT2D eigenvalue weighted by atomic mass is 19.1. The zero-order chi connectivity index (χ0) is 8.32. The van der Waals surface area contributed by atoms with Crippen molar-refractivity contribution in [1.82, 2.24) is 0 Å². The molecule has 0 saturated heterocycles. The van der Waals surface area contributed by atoms with Crippen molar-refractivity contribution in [3.63, 3.8) is 0 Å². The first-order chi connectivity index (χ1) is 5.20. The molecular formula is C8H17FN2. The van der Waals surface area contributed by atoms with Crippen molar-refractivity contribution in [1.29, 1.82) is 0 Å². The van der Waals surface area contributed by atoms with E-state index in [0.717, 1.165) is 12.8 Å². The van der Waals surface area contributed by atoms with Gasteiger partial charge in [-0.25, -0.2) is 4.39 Å². The molecule has 2 nitrogen and oxygen atoms in total. The van der Waals surface area contributed by atoms with Crippen LogP contribution in [0.25, 0.3) is 0 Å². The number of alkyl halides is 1. The lowest BCUT2D eigenvalue weighted by Crippen LogP contribution is -2.43. The fourth-order valence-electron chi connectivity index (χ4n) is 1.46. The molecule has 1 aliphatic rings. The zero-order valence-corrected chi connectivity index (χ0v) is 6.85. The summed E-state index contributed by atoms with van der Waals surface area (Å²) in [5.41, 5.74) is 9.29. The van der Waals surface area contributed by atoms with Crippen LogP contribution in [0.2, 0.25) is 0 Å². The fourth-order valence-corrected chi connectivity index (χ4v) is 1.46. The second-order valence-electron chi connectivity index (χ2n) is 3.56. The van der Waals surface area contributed by atoms with E-state index < -0.39 is 5.67 Å². The minimum absolute atomic E-state index is 0.0694. The quantitative estimate of drug-likeness (QED) is 0.639. The molecule has 66 valence electrons. The van der Waals surface area contributed by atoms with E-state index in [2.05, 4.69) is 0 Å². The Kier molecular flexibility index (Phi) is 2.84. The number of nitrogens with two attached hydrogens (primary N) is 2. The predicted molar refractivity (Wildman–Crippen MR) is 43.9 cm³/mol. The molecule has 0 amide bonds. The highest BCUT2D eigenvalue weighted by Crippen LogP contribution is 2.34. The normalized spacial score (nSPS) is 19.9. The lowest BCUT2D eigenvalue weighted by Gasteiger charge is -2.32. The van der Waals surface area contributed by atoms with Crippen LogP contribution in [0.4, 0.5) is 4.39 Å². The van der Waals surface area contributed by atoms with E-state index in [0.29, 0.717) is 12.3 Å². The van der Waals surface area contributed by atoms with Crippen molar-refractivity contribution in [2.75, 3.05) is 13.1 Å². The van der Waals surface area contributed by atoms with Crippen LogP contribution >= 0.6 is 0 Å². The van der Waals surface area contributed by atoms with E-state index in [1.807, 2.05) is 0 Å². The Morgan fingerprint density at radius 3 is 2.09 bits per heavy atom. The Hall–Kier alpha value is -0.150. The van der Waals surface area contributed by atoms with Gasteiger partial charge < -0.3 is 11.5 Å². The second kappa shape index (κ2) is 3.50. The van der Waals surface area contributed by atoms with Crippen molar-refractivity contribution >= 4 is 0 Å². The van der Waals surface area contributed by atoms with Gasteiger partial charge in [-0.15, -0.1) is 0 Å². The minimum atomic E-state index is -1.29. The number of hydrogen-bond donors (Lipinski definition) is 2. The van der Waals surface area contributed by atoms with E-state index in [4.69, 9.17) is 11.5 Å². The molecule has 0 aromatic carbocycles. The summed E-state index contributed by atoms with van der Waals surface area (Å²) in [7, 11) is 0.